The van der Waals surface area contributed by atoms with Crippen LogP contribution in [-0.4, -0.2) is 36.0 Å². The minimum Gasteiger partial charge on any atom is -0.331 e. The summed E-state index contributed by atoms with van der Waals surface area (Å²) in [7, 11) is 3.50. The molecule has 1 fully saturated rings. The highest BCUT2D eigenvalue weighted by Crippen LogP contribution is 2.35. The summed E-state index contributed by atoms with van der Waals surface area (Å²) < 4.78 is 0. The maximum atomic E-state index is 11.6. The van der Waals surface area contributed by atoms with Gasteiger partial charge < -0.3 is 10.2 Å². The van der Waals surface area contributed by atoms with Crippen molar-refractivity contribution in [3.05, 3.63) is 29.3 Å². The predicted octanol–water partition coefficient (Wildman–Crippen LogP) is 2.26. The minimum atomic E-state index is -0.0769. The maximum absolute atomic E-state index is 11.6. The molecule has 0 spiro atoms. The van der Waals surface area contributed by atoms with Gasteiger partial charge in [-0.25, -0.2) is 4.79 Å². The fraction of sp³-hybridized carbons (Fsp3) is 0.500. The number of anilines is 1. The lowest BCUT2D eigenvalue weighted by Gasteiger charge is -2.12. The van der Waals surface area contributed by atoms with Crippen LogP contribution in [0, 0.1) is 0 Å². The van der Waals surface area contributed by atoms with Crippen molar-refractivity contribution in [2.45, 2.75) is 32.0 Å². The van der Waals surface area contributed by atoms with E-state index in [2.05, 4.69) is 22.3 Å². The van der Waals surface area contributed by atoms with E-state index in [0.717, 1.165) is 24.8 Å². The average molecular weight is 245 g/mol. The largest absolute Gasteiger partial charge is 0.331 e. The number of urea groups is 1. The molecule has 1 aliphatic carbocycles. The highest BCUT2D eigenvalue weighted by Gasteiger charge is 2.32. The first kappa shape index (κ1) is 11.5. The van der Waals surface area contributed by atoms with Crippen LogP contribution in [0.25, 0.3) is 0 Å². The molecule has 0 unspecified atom stereocenters. The van der Waals surface area contributed by atoms with Crippen LogP contribution >= 0.6 is 0 Å². The van der Waals surface area contributed by atoms with Crippen LogP contribution in [0.1, 0.15) is 24.0 Å². The van der Waals surface area contributed by atoms with Gasteiger partial charge in [0.15, 0.2) is 0 Å². The molecule has 0 bridgehead atoms. The normalized spacial score (nSPS) is 18.6. The summed E-state index contributed by atoms with van der Waals surface area (Å²) >= 11 is 0. The van der Waals surface area contributed by atoms with Crippen molar-refractivity contribution in [3.63, 3.8) is 0 Å². The Bertz CT molecular complexity index is 480. The molecular weight excluding hydrogens is 226 g/mol. The third-order valence-corrected chi connectivity index (χ3v) is 3.67. The van der Waals surface area contributed by atoms with Crippen molar-refractivity contribution in [2.24, 2.45) is 0 Å². The smallest absolute Gasteiger partial charge is 0.321 e. The molecule has 0 atom stereocenters. The van der Waals surface area contributed by atoms with Gasteiger partial charge in [0.2, 0.25) is 0 Å². The number of carbonyl (C=O) groups is 1. The molecule has 3 rings (SSSR count). The van der Waals surface area contributed by atoms with Crippen LogP contribution in [0.5, 0.6) is 0 Å². The number of fused-ring (bicyclic) bond motifs is 1. The van der Waals surface area contributed by atoms with Crippen molar-refractivity contribution >= 4 is 11.7 Å². The fourth-order valence-corrected chi connectivity index (χ4v) is 2.43. The Morgan fingerprint density at radius 2 is 2.00 bits per heavy atom. The van der Waals surface area contributed by atoms with Crippen LogP contribution in [0.4, 0.5) is 10.5 Å². The Hall–Kier alpha value is -1.55. The summed E-state index contributed by atoms with van der Waals surface area (Å²) in [5.41, 5.74) is 3.66. The van der Waals surface area contributed by atoms with Crippen molar-refractivity contribution in [1.29, 1.82) is 0 Å². The zero-order chi connectivity index (χ0) is 12.7. The monoisotopic (exact) mass is 245 g/mol. The number of hydrogen-bond acceptors (Lipinski definition) is 2. The standard InChI is InChI=1S/C14H19N3O/c1-16(2)14(18)15-12-4-3-10-8-17(13-5-6-13)9-11(10)7-12/h3-4,7,13H,5-6,8-9H2,1-2H3,(H,15,18). The van der Waals surface area contributed by atoms with Crippen molar-refractivity contribution < 1.29 is 4.79 Å². The Morgan fingerprint density at radius 3 is 2.67 bits per heavy atom. The van der Waals surface area contributed by atoms with E-state index >= 15 is 0 Å². The zero-order valence-corrected chi connectivity index (χ0v) is 10.9. The van der Waals surface area contributed by atoms with Crippen LogP contribution in [-0.2, 0) is 13.1 Å². The topological polar surface area (TPSA) is 35.6 Å². The van der Waals surface area contributed by atoms with Crippen LogP contribution in [0.3, 0.4) is 0 Å². The quantitative estimate of drug-likeness (QED) is 0.867. The number of carbonyl (C=O) groups excluding carboxylic acids is 1. The van der Waals surface area contributed by atoms with Gasteiger partial charge in [-0.2, -0.15) is 0 Å². The lowest BCUT2D eigenvalue weighted by atomic mass is 10.1. The second-order valence-electron chi connectivity index (χ2n) is 5.44. The third kappa shape index (κ3) is 2.20. The average Bonchev–Trinajstić information content (AvgIpc) is 3.09. The third-order valence-electron chi connectivity index (χ3n) is 3.67. The van der Waals surface area contributed by atoms with Gasteiger partial charge in [-0.3, -0.25) is 4.90 Å². The van der Waals surface area contributed by atoms with Gasteiger partial charge in [-0.15, -0.1) is 0 Å². The first-order valence-electron chi connectivity index (χ1n) is 6.47. The molecule has 1 aromatic rings. The Balaban J connectivity index is 1.72. The summed E-state index contributed by atoms with van der Waals surface area (Å²) in [4.78, 5) is 15.7. The number of rotatable bonds is 2. The molecule has 1 N–H and O–H groups in total. The Morgan fingerprint density at radius 1 is 1.28 bits per heavy atom. The summed E-state index contributed by atoms with van der Waals surface area (Å²) in [5.74, 6) is 0. The molecule has 96 valence electrons. The SMILES string of the molecule is CN(C)C(=O)Nc1ccc2c(c1)CN(C1CC1)C2. The van der Waals surface area contributed by atoms with E-state index in [-0.39, 0.29) is 6.03 Å². The predicted molar refractivity (Wildman–Crippen MR) is 71.4 cm³/mol. The minimum absolute atomic E-state index is 0.0769. The van der Waals surface area contributed by atoms with Gasteiger partial charge in [0.25, 0.3) is 0 Å². The maximum Gasteiger partial charge on any atom is 0.321 e. The van der Waals surface area contributed by atoms with E-state index in [1.807, 2.05) is 6.07 Å². The molecule has 1 saturated carbocycles. The number of hydrogen-bond donors (Lipinski definition) is 1. The van der Waals surface area contributed by atoms with Gasteiger partial charge in [0.05, 0.1) is 0 Å². The highest BCUT2D eigenvalue weighted by molar-refractivity contribution is 5.89. The molecule has 0 aromatic heterocycles. The summed E-state index contributed by atoms with van der Waals surface area (Å²) in [5, 5.41) is 2.90. The van der Waals surface area contributed by atoms with Crippen LogP contribution in [0.2, 0.25) is 0 Å². The Labute approximate surface area is 108 Å². The van der Waals surface area contributed by atoms with E-state index in [4.69, 9.17) is 0 Å². The molecule has 2 aliphatic rings. The molecular formula is C14H19N3O. The van der Waals surface area contributed by atoms with Gasteiger partial charge in [0.1, 0.15) is 0 Å². The molecule has 2 amide bonds. The van der Waals surface area contributed by atoms with E-state index in [1.165, 1.54) is 24.0 Å². The van der Waals surface area contributed by atoms with E-state index in [9.17, 15) is 4.79 Å². The lowest BCUT2D eigenvalue weighted by molar-refractivity contribution is 0.230. The number of nitrogens with one attached hydrogen (secondary N) is 1. The van der Waals surface area contributed by atoms with E-state index in [1.54, 1.807) is 19.0 Å². The van der Waals surface area contributed by atoms with Crippen molar-refractivity contribution in [2.75, 3.05) is 19.4 Å². The van der Waals surface area contributed by atoms with Crippen molar-refractivity contribution in [3.8, 4) is 0 Å². The zero-order valence-electron chi connectivity index (χ0n) is 10.9. The van der Waals surface area contributed by atoms with Crippen LogP contribution < -0.4 is 5.32 Å². The molecule has 1 aliphatic heterocycles. The first-order valence-corrected chi connectivity index (χ1v) is 6.47. The number of amides is 2. The molecule has 0 radical (unpaired) electrons. The van der Waals surface area contributed by atoms with E-state index < -0.39 is 0 Å². The van der Waals surface area contributed by atoms with Gasteiger partial charge in [0, 0.05) is 38.9 Å². The number of benzene rings is 1. The summed E-state index contributed by atoms with van der Waals surface area (Å²) in [6.07, 6.45) is 2.69. The van der Waals surface area contributed by atoms with Gasteiger partial charge in [-0.1, -0.05) is 6.07 Å². The molecule has 1 heterocycles. The van der Waals surface area contributed by atoms with Crippen molar-refractivity contribution in [1.82, 2.24) is 9.80 Å². The first-order chi connectivity index (χ1) is 8.63. The summed E-state index contributed by atoms with van der Waals surface area (Å²) in [6, 6.07) is 6.97. The number of nitrogens with zero attached hydrogens (tertiary/aromatic N) is 2. The second-order valence-corrected chi connectivity index (χ2v) is 5.44. The van der Waals surface area contributed by atoms with Gasteiger partial charge >= 0.3 is 6.03 Å². The fourth-order valence-electron chi connectivity index (χ4n) is 2.43. The second kappa shape index (κ2) is 4.28. The van der Waals surface area contributed by atoms with E-state index in [0.29, 0.717) is 0 Å². The lowest BCUT2D eigenvalue weighted by Crippen LogP contribution is -2.27. The summed E-state index contributed by atoms with van der Waals surface area (Å²) in [6.45, 7) is 2.10. The molecule has 4 heteroatoms. The molecule has 18 heavy (non-hydrogen) atoms. The Kier molecular flexibility index (Phi) is 2.74. The van der Waals surface area contributed by atoms with Gasteiger partial charge in [-0.05, 0) is 36.1 Å². The molecule has 1 aromatic carbocycles. The molecule has 4 nitrogen and oxygen atoms in total. The van der Waals surface area contributed by atoms with Crippen LogP contribution in [0.15, 0.2) is 18.2 Å². The highest BCUT2D eigenvalue weighted by atomic mass is 16.2. The molecule has 0 saturated heterocycles.